The number of benzene rings is 2. The van der Waals surface area contributed by atoms with E-state index in [-0.39, 0.29) is 17.3 Å². The van der Waals surface area contributed by atoms with Crippen molar-refractivity contribution < 1.29 is 14.5 Å². The van der Waals surface area contributed by atoms with Crippen LogP contribution >= 0.6 is 0 Å². The lowest BCUT2D eigenvalue weighted by atomic mass is 10.1. The molecule has 6 nitrogen and oxygen atoms in total. The molecule has 0 saturated carbocycles. The molecule has 0 atom stereocenters. The van der Waals surface area contributed by atoms with Gasteiger partial charge in [0.15, 0.2) is 5.70 Å². The molecule has 1 heterocycles. The number of carbonyl (C=O) groups excluding carboxylic acids is 1. The van der Waals surface area contributed by atoms with Crippen LogP contribution in [0.15, 0.2) is 53.2 Å². The number of nitrogens with zero attached hydrogens (tertiary/aromatic N) is 2. The summed E-state index contributed by atoms with van der Waals surface area (Å²) in [5.74, 6) is -0.391. The van der Waals surface area contributed by atoms with Gasteiger partial charge in [-0.3, -0.25) is 10.1 Å². The standard InChI is InChI=1S/C18H14N2O4/c1-11-3-5-13(6-4-11)10-15-18(21)24-17(19-15)14-7-8-16(20(22)23)12(2)9-14/h3-10H,1-2H3/b15-10-. The van der Waals surface area contributed by atoms with E-state index in [4.69, 9.17) is 4.74 Å². The van der Waals surface area contributed by atoms with Gasteiger partial charge < -0.3 is 4.74 Å². The Labute approximate surface area is 138 Å². The van der Waals surface area contributed by atoms with Crippen LogP contribution in [-0.4, -0.2) is 16.8 Å². The molecule has 0 N–H and O–H groups in total. The van der Waals surface area contributed by atoms with Crippen molar-refractivity contribution in [3.05, 3.63) is 80.5 Å². The molecule has 0 saturated heterocycles. The van der Waals surface area contributed by atoms with E-state index in [2.05, 4.69) is 4.99 Å². The quantitative estimate of drug-likeness (QED) is 0.374. The van der Waals surface area contributed by atoms with Crippen molar-refractivity contribution in [1.29, 1.82) is 0 Å². The van der Waals surface area contributed by atoms with Crippen molar-refractivity contribution in [2.45, 2.75) is 13.8 Å². The SMILES string of the molecule is Cc1ccc(/C=C2\N=C(c3ccc([N+](=O)[O-])c(C)c3)OC2=O)cc1. The Kier molecular flexibility index (Phi) is 3.95. The van der Waals surface area contributed by atoms with E-state index < -0.39 is 10.9 Å². The highest BCUT2D eigenvalue weighted by Gasteiger charge is 2.25. The summed E-state index contributed by atoms with van der Waals surface area (Å²) in [4.78, 5) is 26.6. The number of aryl methyl sites for hydroxylation is 2. The van der Waals surface area contributed by atoms with Gasteiger partial charge in [0.2, 0.25) is 5.90 Å². The maximum absolute atomic E-state index is 12.0. The molecule has 0 spiro atoms. The van der Waals surface area contributed by atoms with Crippen molar-refractivity contribution in [2.75, 3.05) is 0 Å². The Morgan fingerprint density at radius 2 is 1.83 bits per heavy atom. The van der Waals surface area contributed by atoms with E-state index >= 15 is 0 Å². The lowest BCUT2D eigenvalue weighted by molar-refractivity contribution is -0.385. The second-order valence-corrected chi connectivity index (χ2v) is 5.51. The maximum atomic E-state index is 12.0. The first kappa shape index (κ1) is 15.6. The van der Waals surface area contributed by atoms with Gasteiger partial charge in [0.1, 0.15) is 0 Å². The van der Waals surface area contributed by atoms with Gasteiger partial charge in [-0.2, -0.15) is 0 Å². The van der Waals surface area contributed by atoms with Crippen LogP contribution in [0.4, 0.5) is 5.69 Å². The second kappa shape index (κ2) is 6.08. The molecule has 2 aromatic carbocycles. The first-order valence-corrected chi connectivity index (χ1v) is 7.29. The normalized spacial score (nSPS) is 15.3. The first-order chi connectivity index (χ1) is 11.4. The average Bonchev–Trinajstić information content (AvgIpc) is 2.90. The highest BCUT2D eigenvalue weighted by atomic mass is 16.6. The van der Waals surface area contributed by atoms with Crippen molar-refractivity contribution in [2.24, 2.45) is 4.99 Å². The molecule has 0 bridgehead atoms. The summed E-state index contributed by atoms with van der Waals surface area (Å²) in [7, 11) is 0. The van der Waals surface area contributed by atoms with Crippen LogP contribution in [0.3, 0.4) is 0 Å². The van der Waals surface area contributed by atoms with Crippen molar-refractivity contribution in [3.8, 4) is 0 Å². The van der Waals surface area contributed by atoms with Gasteiger partial charge in [0, 0.05) is 17.2 Å². The summed E-state index contributed by atoms with van der Waals surface area (Å²) in [6, 6.07) is 12.1. The van der Waals surface area contributed by atoms with Gasteiger partial charge in [-0.05, 0) is 37.6 Å². The predicted octanol–water partition coefficient (Wildman–Crippen LogP) is 3.56. The monoisotopic (exact) mass is 322 g/mol. The second-order valence-electron chi connectivity index (χ2n) is 5.51. The minimum Gasteiger partial charge on any atom is -0.402 e. The Morgan fingerprint density at radius 1 is 1.12 bits per heavy atom. The molecule has 0 aromatic heterocycles. The summed E-state index contributed by atoms with van der Waals surface area (Å²) < 4.78 is 5.18. The predicted molar refractivity (Wildman–Crippen MR) is 89.6 cm³/mol. The smallest absolute Gasteiger partial charge is 0.363 e. The van der Waals surface area contributed by atoms with Crippen LogP contribution in [0.5, 0.6) is 0 Å². The van der Waals surface area contributed by atoms with Crippen LogP contribution in [0.25, 0.3) is 6.08 Å². The lowest BCUT2D eigenvalue weighted by Crippen LogP contribution is -2.06. The third kappa shape index (κ3) is 3.08. The van der Waals surface area contributed by atoms with Gasteiger partial charge in [-0.1, -0.05) is 29.8 Å². The molecule has 2 aromatic rings. The molecule has 1 aliphatic heterocycles. The van der Waals surface area contributed by atoms with E-state index in [1.807, 2.05) is 31.2 Å². The van der Waals surface area contributed by atoms with Crippen molar-refractivity contribution in [1.82, 2.24) is 0 Å². The molecule has 3 rings (SSSR count). The van der Waals surface area contributed by atoms with E-state index in [0.29, 0.717) is 11.1 Å². The minimum absolute atomic E-state index is 0.0131. The van der Waals surface area contributed by atoms with Crippen molar-refractivity contribution in [3.63, 3.8) is 0 Å². The minimum atomic E-state index is -0.540. The number of nitro benzene ring substituents is 1. The first-order valence-electron chi connectivity index (χ1n) is 7.29. The van der Waals surface area contributed by atoms with Crippen LogP contribution in [0.2, 0.25) is 0 Å². The summed E-state index contributed by atoms with van der Waals surface area (Å²) in [6.07, 6.45) is 1.65. The summed E-state index contributed by atoms with van der Waals surface area (Å²) in [5, 5.41) is 10.9. The summed E-state index contributed by atoms with van der Waals surface area (Å²) in [5.41, 5.74) is 3.18. The van der Waals surface area contributed by atoms with Crippen LogP contribution < -0.4 is 0 Å². The number of hydrogen-bond donors (Lipinski definition) is 0. The fourth-order valence-electron chi connectivity index (χ4n) is 2.35. The Hall–Kier alpha value is -3.28. The number of rotatable bonds is 3. The van der Waals surface area contributed by atoms with Gasteiger partial charge >= 0.3 is 5.97 Å². The van der Waals surface area contributed by atoms with Crippen LogP contribution in [0.1, 0.15) is 22.3 Å². The zero-order valence-corrected chi connectivity index (χ0v) is 13.1. The molecule has 0 aliphatic carbocycles. The number of hydrogen-bond acceptors (Lipinski definition) is 5. The zero-order valence-electron chi connectivity index (χ0n) is 13.1. The van der Waals surface area contributed by atoms with E-state index in [1.54, 1.807) is 19.1 Å². The third-order valence-corrected chi connectivity index (χ3v) is 3.64. The molecule has 1 aliphatic rings. The van der Waals surface area contributed by atoms with E-state index in [0.717, 1.165) is 11.1 Å². The van der Waals surface area contributed by atoms with Gasteiger partial charge in [-0.15, -0.1) is 0 Å². The Bertz CT molecular complexity index is 896. The molecule has 0 unspecified atom stereocenters. The number of aliphatic imine (C=N–C) groups is 1. The largest absolute Gasteiger partial charge is 0.402 e. The Morgan fingerprint density at radius 3 is 2.46 bits per heavy atom. The Balaban J connectivity index is 1.93. The molecular weight excluding hydrogens is 308 g/mol. The zero-order chi connectivity index (χ0) is 17.3. The molecule has 24 heavy (non-hydrogen) atoms. The van der Waals surface area contributed by atoms with Crippen LogP contribution in [0, 0.1) is 24.0 Å². The average molecular weight is 322 g/mol. The summed E-state index contributed by atoms with van der Waals surface area (Å²) in [6.45, 7) is 3.61. The summed E-state index contributed by atoms with van der Waals surface area (Å²) >= 11 is 0. The molecule has 120 valence electrons. The highest BCUT2D eigenvalue weighted by molar-refractivity contribution is 6.13. The molecule has 0 amide bonds. The van der Waals surface area contributed by atoms with Gasteiger partial charge in [-0.25, -0.2) is 9.79 Å². The highest BCUT2D eigenvalue weighted by Crippen LogP contribution is 2.23. The van der Waals surface area contributed by atoms with Crippen LogP contribution in [-0.2, 0) is 9.53 Å². The van der Waals surface area contributed by atoms with Gasteiger partial charge in [0.05, 0.1) is 4.92 Å². The fraction of sp³-hybridized carbons (Fsp3) is 0.111. The third-order valence-electron chi connectivity index (χ3n) is 3.64. The maximum Gasteiger partial charge on any atom is 0.363 e. The van der Waals surface area contributed by atoms with E-state index in [1.165, 1.54) is 12.1 Å². The number of cyclic esters (lactones) is 1. The molecule has 6 heteroatoms. The van der Waals surface area contributed by atoms with E-state index in [9.17, 15) is 14.9 Å². The molecular formula is C18H14N2O4. The number of carbonyl (C=O) groups is 1. The van der Waals surface area contributed by atoms with Gasteiger partial charge in [0.25, 0.3) is 5.69 Å². The lowest BCUT2D eigenvalue weighted by Gasteiger charge is -2.01. The number of ether oxygens (including phenoxy) is 1. The number of esters is 1. The molecule has 0 fully saturated rings. The topological polar surface area (TPSA) is 81.8 Å². The molecule has 0 radical (unpaired) electrons. The fourth-order valence-corrected chi connectivity index (χ4v) is 2.35. The number of nitro groups is 1. The van der Waals surface area contributed by atoms with Crippen molar-refractivity contribution >= 4 is 23.6 Å².